The van der Waals surface area contributed by atoms with Crippen LogP contribution in [0.3, 0.4) is 0 Å². The van der Waals surface area contributed by atoms with Crippen LogP contribution in [0.2, 0.25) is 0 Å². The standard InChI is InChI=1S/C15H11F2NO2S/c1-2-10-4-3-5-11(8-10)18-14(19)13-7-6-12(20-13)9-21-15(16)17/h1,3-8,15H,9H2,(H,18,19). The topological polar surface area (TPSA) is 42.2 Å². The van der Waals surface area contributed by atoms with Crippen molar-refractivity contribution in [2.45, 2.75) is 11.5 Å². The minimum Gasteiger partial charge on any atom is -0.455 e. The number of terminal acetylenes is 1. The van der Waals surface area contributed by atoms with E-state index in [0.717, 1.165) is 0 Å². The summed E-state index contributed by atoms with van der Waals surface area (Å²) in [4.78, 5) is 12.0. The zero-order valence-corrected chi connectivity index (χ0v) is 11.6. The number of nitrogens with one attached hydrogen (secondary N) is 1. The SMILES string of the molecule is C#Cc1cccc(NC(=O)c2ccc(CSC(F)F)o2)c1. The average Bonchev–Trinajstić information content (AvgIpc) is 2.94. The third-order valence-electron chi connectivity index (χ3n) is 2.52. The smallest absolute Gasteiger partial charge is 0.291 e. The molecule has 0 aliphatic heterocycles. The maximum Gasteiger partial charge on any atom is 0.291 e. The van der Waals surface area contributed by atoms with Gasteiger partial charge in [0.05, 0.1) is 5.75 Å². The molecule has 6 heteroatoms. The zero-order valence-electron chi connectivity index (χ0n) is 10.8. The molecule has 0 bridgehead atoms. The number of carbonyl (C=O) groups is 1. The van der Waals surface area contributed by atoms with Crippen molar-refractivity contribution in [1.82, 2.24) is 0 Å². The molecule has 0 saturated heterocycles. The van der Waals surface area contributed by atoms with Gasteiger partial charge in [-0.2, -0.15) is 8.78 Å². The first-order chi connectivity index (χ1) is 10.1. The van der Waals surface area contributed by atoms with E-state index >= 15 is 0 Å². The lowest BCUT2D eigenvalue weighted by atomic mass is 10.2. The molecule has 1 heterocycles. The van der Waals surface area contributed by atoms with Crippen molar-refractivity contribution in [2.24, 2.45) is 0 Å². The maximum absolute atomic E-state index is 12.1. The molecule has 0 atom stereocenters. The number of furan rings is 1. The summed E-state index contributed by atoms with van der Waals surface area (Å²) in [5.41, 5.74) is 1.18. The Bertz CT molecular complexity index is 676. The van der Waals surface area contributed by atoms with E-state index in [-0.39, 0.29) is 11.5 Å². The molecule has 1 aromatic carbocycles. The lowest BCUT2D eigenvalue weighted by molar-refractivity contribution is 0.0995. The van der Waals surface area contributed by atoms with Crippen LogP contribution in [0.25, 0.3) is 0 Å². The van der Waals surface area contributed by atoms with E-state index in [0.29, 0.717) is 28.8 Å². The quantitative estimate of drug-likeness (QED) is 0.850. The normalized spacial score (nSPS) is 10.4. The number of benzene rings is 1. The van der Waals surface area contributed by atoms with Crippen molar-refractivity contribution in [3.8, 4) is 12.3 Å². The highest BCUT2D eigenvalue weighted by atomic mass is 32.2. The van der Waals surface area contributed by atoms with Gasteiger partial charge in [-0.3, -0.25) is 4.79 Å². The van der Waals surface area contributed by atoms with Crippen molar-refractivity contribution >= 4 is 23.4 Å². The van der Waals surface area contributed by atoms with Crippen LogP contribution in [0.1, 0.15) is 21.9 Å². The van der Waals surface area contributed by atoms with Gasteiger partial charge in [-0.1, -0.05) is 23.7 Å². The molecule has 21 heavy (non-hydrogen) atoms. The van der Waals surface area contributed by atoms with Crippen molar-refractivity contribution in [2.75, 3.05) is 5.32 Å². The maximum atomic E-state index is 12.1. The molecule has 108 valence electrons. The molecular weight excluding hydrogens is 296 g/mol. The van der Waals surface area contributed by atoms with Gasteiger partial charge in [0.25, 0.3) is 11.7 Å². The monoisotopic (exact) mass is 307 g/mol. The Morgan fingerprint density at radius 3 is 2.90 bits per heavy atom. The molecule has 1 aromatic heterocycles. The summed E-state index contributed by atoms with van der Waals surface area (Å²) in [6.45, 7) is 0. The van der Waals surface area contributed by atoms with Crippen molar-refractivity contribution < 1.29 is 18.0 Å². The van der Waals surface area contributed by atoms with E-state index in [1.807, 2.05) is 0 Å². The third-order valence-corrected chi connectivity index (χ3v) is 3.23. The molecule has 2 rings (SSSR count). The van der Waals surface area contributed by atoms with Gasteiger partial charge in [0.15, 0.2) is 5.76 Å². The number of anilines is 1. The van der Waals surface area contributed by atoms with Gasteiger partial charge in [-0.15, -0.1) is 6.42 Å². The summed E-state index contributed by atoms with van der Waals surface area (Å²) in [6.07, 6.45) is 5.28. The Morgan fingerprint density at radius 2 is 2.19 bits per heavy atom. The summed E-state index contributed by atoms with van der Waals surface area (Å²) in [5.74, 6) is -0.0761. The molecular formula is C15H11F2NO2S. The second-order valence-electron chi connectivity index (χ2n) is 4.02. The van der Waals surface area contributed by atoms with Crippen LogP contribution in [0.15, 0.2) is 40.8 Å². The summed E-state index contributed by atoms with van der Waals surface area (Å²) >= 11 is 0.437. The fourth-order valence-corrected chi connectivity index (χ4v) is 2.05. The number of hydrogen-bond donors (Lipinski definition) is 1. The lowest BCUT2D eigenvalue weighted by Crippen LogP contribution is -2.10. The molecule has 2 aromatic rings. The van der Waals surface area contributed by atoms with E-state index in [2.05, 4.69) is 11.2 Å². The molecule has 1 N–H and O–H groups in total. The molecule has 0 aliphatic carbocycles. The van der Waals surface area contributed by atoms with E-state index < -0.39 is 11.7 Å². The Morgan fingerprint density at radius 1 is 1.38 bits per heavy atom. The molecule has 0 spiro atoms. The van der Waals surface area contributed by atoms with E-state index in [1.54, 1.807) is 24.3 Å². The van der Waals surface area contributed by atoms with E-state index in [4.69, 9.17) is 10.8 Å². The largest absolute Gasteiger partial charge is 0.455 e. The average molecular weight is 307 g/mol. The summed E-state index contributed by atoms with van der Waals surface area (Å²) in [6, 6.07) is 9.74. The number of halogens is 2. The Balaban J connectivity index is 2.01. The van der Waals surface area contributed by atoms with Gasteiger partial charge in [-0.05, 0) is 30.3 Å². The third kappa shape index (κ3) is 4.36. The van der Waals surface area contributed by atoms with Crippen LogP contribution in [0.5, 0.6) is 0 Å². The fourth-order valence-electron chi connectivity index (χ4n) is 1.60. The molecule has 0 saturated carbocycles. The van der Waals surface area contributed by atoms with Gasteiger partial charge in [0.2, 0.25) is 0 Å². The van der Waals surface area contributed by atoms with Gasteiger partial charge < -0.3 is 9.73 Å². The minimum atomic E-state index is -2.47. The molecule has 1 amide bonds. The van der Waals surface area contributed by atoms with Crippen molar-refractivity contribution in [3.05, 3.63) is 53.5 Å². The van der Waals surface area contributed by atoms with Crippen LogP contribution in [-0.2, 0) is 5.75 Å². The lowest BCUT2D eigenvalue weighted by Gasteiger charge is -2.03. The summed E-state index contributed by atoms with van der Waals surface area (Å²) < 4.78 is 29.4. The van der Waals surface area contributed by atoms with E-state index in [9.17, 15) is 13.6 Å². The van der Waals surface area contributed by atoms with Crippen LogP contribution < -0.4 is 5.32 Å². The number of carbonyl (C=O) groups excluding carboxylic acids is 1. The highest BCUT2D eigenvalue weighted by molar-refractivity contribution is 7.98. The molecule has 0 radical (unpaired) electrons. The molecule has 0 aliphatic rings. The summed E-state index contributed by atoms with van der Waals surface area (Å²) in [7, 11) is 0. The first-order valence-corrected chi connectivity index (χ1v) is 7.00. The minimum absolute atomic E-state index is 0.0114. The van der Waals surface area contributed by atoms with Gasteiger partial charge in [-0.25, -0.2) is 0 Å². The summed E-state index contributed by atoms with van der Waals surface area (Å²) in [5, 5.41) is 2.63. The number of alkyl halides is 2. The van der Waals surface area contributed by atoms with Gasteiger partial charge in [0.1, 0.15) is 5.76 Å². The number of amides is 1. The predicted molar refractivity (Wildman–Crippen MR) is 78.3 cm³/mol. The van der Waals surface area contributed by atoms with Gasteiger partial charge in [0, 0.05) is 11.3 Å². The van der Waals surface area contributed by atoms with E-state index in [1.165, 1.54) is 12.1 Å². The van der Waals surface area contributed by atoms with Crippen LogP contribution in [0.4, 0.5) is 14.5 Å². The second-order valence-corrected chi connectivity index (χ2v) is 5.00. The molecule has 3 nitrogen and oxygen atoms in total. The van der Waals surface area contributed by atoms with Crippen molar-refractivity contribution in [1.29, 1.82) is 0 Å². The zero-order chi connectivity index (χ0) is 15.2. The number of hydrogen-bond acceptors (Lipinski definition) is 3. The predicted octanol–water partition coefficient (Wildman–Crippen LogP) is 3.97. The highest BCUT2D eigenvalue weighted by Gasteiger charge is 2.13. The molecule has 0 unspecified atom stereocenters. The van der Waals surface area contributed by atoms with Crippen molar-refractivity contribution in [3.63, 3.8) is 0 Å². The first kappa shape index (κ1) is 15.1. The van der Waals surface area contributed by atoms with Gasteiger partial charge >= 0.3 is 0 Å². The second kappa shape index (κ2) is 6.95. The van der Waals surface area contributed by atoms with Crippen LogP contribution >= 0.6 is 11.8 Å². The Hall–Kier alpha value is -2.26. The van der Waals surface area contributed by atoms with Crippen LogP contribution in [0, 0.1) is 12.3 Å². The van der Waals surface area contributed by atoms with Crippen LogP contribution in [-0.4, -0.2) is 11.7 Å². The number of rotatable bonds is 5. The molecule has 0 fully saturated rings. The fraction of sp³-hybridized carbons (Fsp3) is 0.133. The number of thioether (sulfide) groups is 1. The highest BCUT2D eigenvalue weighted by Crippen LogP contribution is 2.21. The first-order valence-electron chi connectivity index (χ1n) is 5.95. The Kier molecular flexibility index (Phi) is 5.01. The Labute approximate surface area is 124 Å².